The van der Waals surface area contributed by atoms with Gasteiger partial charge in [0.25, 0.3) is 0 Å². The molecule has 0 N–H and O–H groups in total. The number of nitriles is 1. The number of oxazole rings is 1. The van der Waals surface area contributed by atoms with Crippen molar-refractivity contribution in [3.05, 3.63) is 65.2 Å². The van der Waals surface area contributed by atoms with E-state index in [2.05, 4.69) is 40.0 Å². The smallest absolute Gasteiger partial charge is 0.226 e. The van der Waals surface area contributed by atoms with Gasteiger partial charge in [0, 0.05) is 24.7 Å². The third-order valence-corrected chi connectivity index (χ3v) is 4.20. The molecule has 5 heteroatoms. The highest BCUT2D eigenvalue weighted by Gasteiger charge is 2.25. The summed E-state index contributed by atoms with van der Waals surface area (Å²) in [6.07, 6.45) is 2.47. The zero-order valence-electron chi connectivity index (χ0n) is 13.4. The van der Waals surface area contributed by atoms with Crippen molar-refractivity contribution in [2.24, 2.45) is 0 Å². The highest BCUT2D eigenvalue weighted by atomic mass is 16.4. The first kappa shape index (κ1) is 14.5. The molecule has 0 saturated heterocycles. The zero-order chi connectivity index (χ0) is 16.5. The van der Waals surface area contributed by atoms with Crippen LogP contribution in [0.1, 0.15) is 22.6 Å². The highest BCUT2D eigenvalue weighted by Crippen LogP contribution is 2.29. The molecule has 24 heavy (non-hydrogen) atoms. The second-order valence-electron chi connectivity index (χ2n) is 5.92. The molecule has 0 aliphatic carbocycles. The molecular weight excluding hydrogens is 300 g/mol. The first-order valence-electron chi connectivity index (χ1n) is 7.90. The van der Waals surface area contributed by atoms with Crippen LogP contribution in [0, 0.1) is 18.3 Å². The van der Waals surface area contributed by atoms with E-state index in [0.29, 0.717) is 23.8 Å². The number of hydrogen-bond donors (Lipinski definition) is 0. The molecule has 3 heterocycles. The summed E-state index contributed by atoms with van der Waals surface area (Å²) in [5.74, 6) is 2.30. The molecule has 3 aromatic rings. The van der Waals surface area contributed by atoms with Crippen molar-refractivity contribution in [1.82, 2.24) is 9.97 Å². The molecular formula is C19H16N4O. The maximum Gasteiger partial charge on any atom is 0.226 e. The maximum atomic E-state index is 9.27. The Bertz CT molecular complexity index is 939. The molecule has 0 spiro atoms. The van der Waals surface area contributed by atoms with Crippen molar-refractivity contribution >= 4 is 5.82 Å². The lowest BCUT2D eigenvalue weighted by atomic mass is 10.1. The fourth-order valence-electron chi connectivity index (χ4n) is 3.02. The Hall–Kier alpha value is -3.13. The Morgan fingerprint density at radius 2 is 2.17 bits per heavy atom. The summed E-state index contributed by atoms with van der Waals surface area (Å²) in [4.78, 5) is 11.1. The number of aryl methyl sites for hydroxylation is 1. The van der Waals surface area contributed by atoms with Crippen molar-refractivity contribution in [2.75, 3.05) is 11.4 Å². The van der Waals surface area contributed by atoms with E-state index in [1.54, 1.807) is 18.3 Å². The quantitative estimate of drug-likeness (QED) is 0.724. The number of pyridine rings is 1. The highest BCUT2D eigenvalue weighted by molar-refractivity contribution is 5.57. The van der Waals surface area contributed by atoms with Gasteiger partial charge in [-0.1, -0.05) is 17.7 Å². The summed E-state index contributed by atoms with van der Waals surface area (Å²) in [5.41, 5.74) is 3.68. The summed E-state index contributed by atoms with van der Waals surface area (Å²) >= 11 is 0. The molecule has 0 atom stereocenters. The fourth-order valence-corrected chi connectivity index (χ4v) is 3.02. The normalized spacial score (nSPS) is 13.4. The molecule has 0 bridgehead atoms. The molecule has 0 unspecified atom stereocenters. The van der Waals surface area contributed by atoms with Gasteiger partial charge < -0.3 is 9.32 Å². The monoisotopic (exact) mass is 316 g/mol. The molecule has 0 saturated carbocycles. The fraction of sp³-hybridized carbons (Fsp3) is 0.211. The van der Waals surface area contributed by atoms with Gasteiger partial charge in [0.2, 0.25) is 5.89 Å². The molecule has 5 nitrogen and oxygen atoms in total. The number of rotatable bonds is 2. The van der Waals surface area contributed by atoms with Gasteiger partial charge in [-0.15, -0.1) is 0 Å². The van der Waals surface area contributed by atoms with Gasteiger partial charge in [-0.3, -0.25) is 0 Å². The van der Waals surface area contributed by atoms with Crippen LogP contribution >= 0.6 is 0 Å². The lowest BCUT2D eigenvalue weighted by Gasteiger charge is -2.26. The Labute approximate surface area is 140 Å². The van der Waals surface area contributed by atoms with Gasteiger partial charge in [-0.2, -0.15) is 5.26 Å². The molecule has 4 rings (SSSR count). The largest absolute Gasteiger partial charge is 0.441 e. The Kier molecular flexibility index (Phi) is 3.51. The van der Waals surface area contributed by atoms with Crippen molar-refractivity contribution < 1.29 is 4.42 Å². The van der Waals surface area contributed by atoms with Crippen LogP contribution in [-0.4, -0.2) is 16.5 Å². The van der Waals surface area contributed by atoms with Gasteiger partial charge in [0.1, 0.15) is 23.3 Å². The number of fused-ring (bicyclic) bond motifs is 1. The Morgan fingerprint density at radius 1 is 1.25 bits per heavy atom. The van der Waals surface area contributed by atoms with Crippen LogP contribution in [0.25, 0.3) is 11.5 Å². The molecule has 2 aromatic heterocycles. The van der Waals surface area contributed by atoms with Crippen LogP contribution < -0.4 is 4.90 Å². The summed E-state index contributed by atoms with van der Waals surface area (Å²) in [5, 5.41) is 9.27. The molecule has 1 aromatic carbocycles. The van der Waals surface area contributed by atoms with Gasteiger partial charge in [0.05, 0.1) is 12.1 Å². The van der Waals surface area contributed by atoms with E-state index in [4.69, 9.17) is 4.42 Å². The third kappa shape index (κ3) is 2.52. The minimum absolute atomic E-state index is 0.586. The van der Waals surface area contributed by atoms with Crippen LogP contribution in [-0.2, 0) is 13.0 Å². The van der Waals surface area contributed by atoms with E-state index in [1.165, 1.54) is 5.56 Å². The standard InChI is InChI=1S/C19H16N4O/c1-13-4-2-5-14(10-13)19-22-16-12-23(9-7-17(16)24-19)18-15(11-20)6-3-8-21-18/h2-6,8,10H,7,9,12H2,1H3. The predicted molar refractivity (Wildman–Crippen MR) is 90.4 cm³/mol. The SMILES string of the molecule is Cc1cccc(-c2nc3c(o2)CCN(c2ncccc2C#N)C3)c1. The van der Waals surface area contributed by atoms with Crippen LogP contribution in [0.2, 0.25) is 0 Å². The van der Waals surface area contributed by atoms with E-state index < -0.39 is 0 Å². The first-order chi connectivity index (χ1) is 11.7. The number of benzene rings is 1. The Morgan fingerprint density at radius 3 is 3.00 bits per heavy atom. The number of hydrogen-bond acceptors (Lipinski definition) is 5. The molecule has 0 radical (unpaired) electrons. The third-order valence-electron chi connectivity index (χ3n) is 4.20. The molecule has 0 fully saturated rings. The van der Waals surface area contributed by atoms with Gasteiger partial charge in [-0.05, 0) is 31.2 Å². The van der Waals surface area contributed by atoms with Crippen molar-refractivity contribution in [3.63, 3.8) is 0 Å². The summed E-state index contributed by atoms with van der Waals surface area (Å²) in [7, 11) is 0. The van der Waals surface area contributed by atoms with Gasteiger partial charge >= 0.3 is 0 Å². The first-order valence-corrected chi connectivity index (χ1v) is 7.90. The van der Waals surface area contributed by atoms with Crippen LogP contribution in [0.15, 0.2) is 47.0 Å². The second kappa shape index (κ2) is 5.82. The zero-order valence-corrected chi connectivity index (χ0v) is 13.4. The van der Waals surface area contributed by atoms with Crippen molar-refractivity contribution in [1.29, 1.82) is 5.26 Å². The average Bonchev–Trinajstić information content (AvgIpc) is 3.05. The van der Waals surface area contributed by atoms with E-state index in [-0.39, 0.29) is 0 Å². The van der Waals surface area contributed by atoms with Crippen LogP contribution in [0.5, 0.6) is 0 Å². The van der Waals surface area contributed by atoms with Crippen LogP contribution in [0.3, 0.4) is 0 Å². The van der Waals surface area contributed by atoms with Crippen molar-refractivity contribution in [3.8, 4) is 17.5 Å². The van der Waals surface area contributed by atoms with Gasteiger partial charge in [0.15, 0.2) is 0 Å². The predicted octanol–water partition coefficient (Wildman–Crippen LogP) is 3.48. The topological polar surface area (TPSA) is 66.0 Å². The molecule has 118 valence electrons. The summed E-state index contributed by atoms with van der Waals surface area (Å²) < 4.78 is 5.96. The average molecular weight is 316 g/mol. The number of aromatic nitrogens is 2. The minimum atomic E-state index is 0.586. The number of nitrogens with zero attached hydrogens (tertiary/aromatic N) is 4. The van der Waals surface area contributed by atoms with E-state index in [9.17, 15) is 5.26 Å². The molecule has 1 aliphatic heterocycles. The molecule has 1 aliphatic rings. The lowest BCUT2D eigenvalue weighted by Crippen LogP contribution is -2.31. The minimum Gasteiger partial charge on any atom is -0.441 e. The van der Waals surface area contributed by atoms with E-state index in [0.717, 1.165) is 30.0 Å². The van der Waals surface area contributed by atoms with Gasteiger partial charge in [-0.25, -0.2) is 9.97 Å². The summed E-state index contributed by atoms with van der Waals surface area (Å²) in [6.45, 7) is 3.43. The second-order valence-corrected chi connectivity index (χ2v) is 5.92. The van der Waals surface area contributed by atoms with Crippen molar-refractivity contribution in [2.45, 2.75) is 19.9 Å². The Balaban J connectivity index is 1.66. The maximum absolute atomic E-state index is 9.27. The van der Waals surface area contributed by atoms with Crippen LogP contribution in [0.4, 0.5) is 5.82 Å². The van der Waals surface area contributed by atoms with E-state index >= 15 is 0 Å². The summed E-state index contributed by atoms with van der Waals surface area (Å²) in [6, 6.07) is 13.9. The lowest BCUT2D eigenvalue weighted by molar-refractivity contribution is 0.498. The van der Waals surface area contributed by atoms with E-state index in [1.807, 2.05) is 12.1 Å². The molecule has 0 amide bonds. The number of anilines is 1.